The van der Waals surface area contributed by atoms with Crippen LogP contribution in [0.1, 0.15) is 21.5 Å². The summed E-state index contributed by atoms with van der Waals surface area (Å²) in [4.78, 5) is 28.6. The molecule has 26 heavy (non-hydrogen) atoms. The number of allylic oxidation sites excluding steroid dienone is 1. The van der Waals surface area contributed by atoms with Crippen LogP contribution in [0.5, 0.6) is 0 Å². The van der Waals surface area contributed by atoms with Crippen molar-refractivity contribution in [2.75, 3.05) is 5.32 Å². The van der Waals surface area contributed by atoms with Crippen LogP contribution in [-0.4, -0.2) is 15.5 Å². The number of nitrogens with zero attached hydrogens (tertiary/aromatic N) is 2. The van der Waals surface area contributed by atoms with Crippen LogP contribution < -0.4 is 10.9 Å². The first-order valence-corrected chi connectivity index (χ1v) is 8.34. The van der Waals surface area contributed by atoms with Crippen molar-refractivity contribution < 1.29 is 4.79 Å². The number of benzene rings is 1. The fraction of sp³-hybridized carbons (Fsp3) is 0.0952. The molecular formula is C21H17N3O2. The Morgan fingerprint density at radius 1 is 1.19 bits per heavy atom. The van der Waals surface area contributed by atoms with E-state index in [1.54, 1.807) is 48.3 Å². The molecule has 2 aromatic heterocycles. The Labute approximate surface area is 150 Å². The maximum atomic E-state index is 12.4. The molecule has 2 heterocycles. The smallest absolute Gasteiger partial charge is 0.255 e. The summed E-state index contributed by atoms with van der Waals surface area (Å²) in [6.07, 6.45) is 9.78. The Morgan fingerprint density at radius 2 is 2.00 bits per heavy atom. The van der Waals surface area contributed by atoms with Crippen LogP contribution in [0, 0.1) is 0 Å². The summed E-state index contributed by atoms with van der Waals surface area (Å²) < 4.78 is 1.62. The maximum absolute atomic E-state index is 12.4. The first kappa shape index (κ1) is 16.0. The SMILES string of the molecule is Cn1cc(-c2ccc(C(=O)Nc3cccnc3)cc2)c2c(c1=O)CC=C2. The quantitative estimate of drug-likeness (QED) is 0.794. The van der Waals surface area contributed by atoms with Gasteiger partial charge in [0, 0.05) is 36.1 Å². The van der Waals surface area contributed by atoms with E-state index >= 15 is 0 Å². The molecule has 0 fully saturated rings. The van der Waals surface area contributed by atoms with E-state index in [1.807, 2.05) is 30.5 Å². The molecule has 1 N–H and O–H groups in total. The van der Waals surface area contributed by atoms with Crippen LogP contribution >= 0.6 is 0 Å². The van der Waals surface area contributed by atoms with Crippen molar-refractivity contribution in [3.05, 3.63) is 88.1 Å². The first-order chi connectivity index (χ1) is 12.6. The third kappa shape index (κ3) is 2.84. The number of rotatable bonds is 3. The third-order valence-electron chi connectivity index (χ3n) is 4.50. The van der Waals surface area contributed by atoms with Crippen molar-refractivity contribution in [1.82, 2.24) is 9.55 Å². The predicted molar refractivity (Wildman–Crippen MR) is 102 cm³/mol. The summed E-state index contributed by atoms with van der Waals surface area (Å²) in [5.74, 6) is -0.185. The molecule has 5 heteroatoms. The standard InChI is InChI=1S/C21H17N3O2/c1-24-13-19(17-5-2-6-18(17)21(24)26)14-7-9-15(10-8-14)20(25)23-16-4-3-11-22-12-16/h2-5,7-13H,6H2,1H3,(H,23,25). The summed E-state index contributed by atoms with van der Waals surface area (Å²) in [5.41, 5.74) is 5.03. The zero-order chi connectivity index (χ0) is 18.1. The van der Waals surface area contributed by atoms with Gasteiger partial charge in [-0.25, -0.2) is 0 Å². The average molecular weight is 343 g/mol. The molecule has 0 saturated carbocycles. The minimum Gasteiger partial charge on any atom is -0.321 e. The van der Waals surface area contributed by atoms with E-state index in [1.165, 1.54) is 0 Å². The highest BCUT2D eigenvalue weighted by Gasteiger charge is 2.17. The summed E-state index contributed by atoms with van der Waals surface area (Å²) in [6, 6.07) is 11.0. The molecule has 0 spiro atoms. The van der Waals surface area contributed by atoms with Gasteiger partial charge >= 0.3 is 0 Å². The Bertz CT molecular complexity index is 1060. The number of carbonyl (C=O) groups is 1. The summed E-state index contributed by atoms with van der Waals surface area (Å²) in [6.45, 7) is 0. The molecule has 0 aliphatic heterocycles. The summed E-state index contributed by atoms with van der Waals surface area (Å²) in [7, 11) is 1.76. The van der Waals surface area contributed by atoms with Crippen LogP contribution in [0.2, 0.25) is 0 Å². The van der Waals surface area contributed by atoms with Crippen molar-refractivity contribution in [2.45, 2.75) is 6.42 Å². The number of nitrogens with one attached hydrogen (secondary N) is 1. The molecule has 3 aromatic rings. The molecule has 1 aromatic carbocycles. The van der Waals surface area contributed by atoms with Gasteiger partial charge in [0.25, 0.3) is 11.5 Å². The van der Waals surface area contributed by atoms with Gasteiger partial charge < -0.3 is 9.88 Å². The van der Waals surface area contributed by atoms with Crippen molar-refractivity contribution >= 4 is 17.7 Å². The molecule has 1 amide bonds. The molecule has 0 atom stereocenters. The van der Waals surface area contributed by atoms with Gasteiger partial charge in [-0.2, -0.15) is 0 Å². The lowest BCUT2D eigenvalue weighted by molar-refractivity contribution is 0.102. The van der Waals surface area contributed by atoms with Crippen LogP contribution in [0.4, 0.5) is 5.69 Å². The Kier molecular flexibility index (Phi) is 3.97. The van der Waals surface area contributed by atoms with Crippen LogP contribution in [0.3, 0.4) is 0 Å². The van der Waals surface area contributed by atoms with E-state index in [4.69, 9.17) is 0 Å². The molecule has 4 rings (SSSR count). The summed E-state index contributed by atoms with van der Waals surface area (Å²) >= 11 is 0. The highest BCUT2D eigenvalue weighted by atomic mass is 16.1. The van der Waals surface area contributed by atoms with Crippen molar-refractivity contribution in [1.29, 1.82) is 0 Å². The van der Waals surface area contributed by atoms with Gasteiger partial charge in [0.2, 0.25) is 0 Å². The second kappa shape index (κ2) is 6.44. The topological polar surface area (TPSA) is 64.0 Å². The highest BCUT2D eigenvalue weighted by molar-refractivity contribution is 6.04. The van der Waals surface area contributed by atoms with Crippen LogP contribution in [-0.2, 0) is 13.5 Å². The van der Waals surface area contributed by atoms with Crippen molar-refractivity contribution in [3.8, 4) is 11.1 Å². The number of amides is 1. The van der Waals surface area contributed by atoms with Crippen LogP contribution in [0.15, 0.2) is 65.9 Å². The minimum atomic E-state index is -0.185. The lowest BCUT2D eigenvalue weighted by Gasteiger charge is -2.11. The number of hydrogen-bond acceptors (Lipinski definition) is 3. The monoisotopic (exact) mass is 343 g/mol. The largest absolute Gasteiger partial charge is 0.321 e. The van der Waals surface area contributed by atoms with Crippen LogP contribution in [0.25, 0.3) is 17.2 Å². The predicted octanol–water partition coefficient (Wildman–Crippen LogP) is 3.27. The minimum absolute atomic E-state index is 0.0428. The molecule has 0 radical (unpaired) electrons. The average Bonchev–Trinajstić information content (AvgIpc) is 3.16. The molecular weight excluding hydrogens is 326 g/mol. The first-order valence-electron chi connectivity index (χ1n) is 8.34. The fourth-order valence-corrected chi connectivity index (χ4v) is 3.17. The fourth-order valence-electron chi connectivity index (χ4n) is 3.17. The highest BCUT2D eigenvalue weighted by Crippen LogP contribution is 2.29. The van der Waals surface area contributed by atoms with E-state index in [9.17, 15) is 9.59 Å². The van der Waals surface area contributed by atoms with Gasteiger partial charge in [0.1, 0.15) is 0 Å². The molecule has 0 unspecified atom stereocenters. The number of pyridine rings is 2. The molecule has 1 aliphatic carbocycles. The van der Waals surface area contributed by atoms with E-state index in [-0.39, 0.29) is 11.5 Å². The number of fused-ring (bicyclic) bond motifs is 1. The van der Waals surface area contributed by atoms with Gasteiger partial charge in [0.05, 0.1) is 11.9 Å². The second-order valence-electron chi connectivity index (χ2n) is 6.23. The van der Waals surface area contributed by atoms with E-state index < -0.39 is 0 Å². The third-order valence-corrected chi connectivity index (χ3v) is 4.50. The Hall–Kier alpha value is -3.47. The van der Waals surface area contributed by atoms with E-state index in [0.717, 1.165) is 22.3 Å². The number of aryl methyl sites for hydroxylation is 1. The van der Waals surface area contributed by atoms with Gasteiger partial charge in [-0.15, -0.1) is 0 Å². The number of carbonyl (C=O) groups excluding carboxylic acids is 1. The van der Waals surface area contributed by atoms with E-state index in [0.29, 0.717) is 17.7 Å². The van der Waals surface area contributed by atoms with Gasteiger partial charge in [0.15, 0.2) is 0 Å². The van der Waals surface area contributed by atoms with Gasteiger partial charge in [-0.1, -0.05) is 24.3 Å². The van der Waals surface area contributed by atoms with Crippen molar-refractivity contribution in [3.63, 3.8) is 0 Å². The molecule has 128 valence electrons. The zero-order valence-corrected chi connectivity index (χ0v) is 14.3. The zero-order valence-electron chi connectivity index (χ0n) is 14.3. The normalized spacial score (nSPS) is 12.0. The molecule has 1 aliphatic rings. The number of hydrogen-bond donors (Lipinski definition) is 1. The molecule has 5 nitrogen and oxygen atoms in total. The summed E-state index contributed by atoms with van der Waals surface area (Å²) in [5, 5.41) is 2.82. The van der Waals surface area contributed by atoms with Gasteiger partial charge in [-0.3, -0.25) is 14.6 Å². The second-order valence-corrected chi connectivity index (χ2v) is 6.23. The lowest BCUT2D eigenvalue weighted by atomic mass is 9.98. The molecule has 0 bridgehead atoms. The Morgan fingerprint density at radius 3 is 2.73 bits per heavy atom. The Balaban J connectivity index is 1.64. The molecule has 0 saturated heterocycles. The van der Waals surface area contributed by atoms with Gasteiger partial charge in [-0.05, 0) is 41.8 Å². The van der Waals surface area contributed by atoms with E-state index in [2.05, 4.69) is 10.3 Å². The number of anilines is 1. The lowest BCUT2D eigenvalue weighted by Crippen LogP contribution is -2.21. The maximum Gasteiger partial charge on any atom is 0.255 e. The van der Waals surface area contributed by atoms with Crippen molar-refractivity contribution in [2.24, 2.45) is 7.05 Å². The number of aromatic nitrogens is 2.